The Bertz CT molecular complexity index is 389. The number of hydrogen-bond donors (Lipinski definition) is 0. The van der Waals surface area contributed by atoms with Gasteiger partial charge in [0, 0.05) is 11.1 Å². The first kappa shape index (κ1) is 16.7. The molecule has 1 rings (SSSR count). The topological polar surface area (TPSA) is 41.6 Å². The summed E-state index contributed by atoms with van der Waals surface area (Å²) in [4.78, 5) is 0. The second-order valence-electron chi connectivity index (χ2n) is 5.49. The molecule has 3 nitrogen and oxygen atoms in total. The first-order valence-corrected chi connectivity index (χ1v) is 6.81. The molecule has 3 heteroatoms. The van der Waals surface area contributed by atoms with Crippen LogP contribution in [0, 0.1) is 11.3 Å². The van der Waals surface area contributed by atoms with E-state index in [0.29, 0.717) is 18.9 Å². The monoisotopic (exact) mass is 249 g/mol. The van der Waals surface area contributed by atoms with E-state index in [2.05, 4.69) is 51.9 Å². The summed E-state index contributed by atoms with van der Waals surface area (Å²) < 4.78 is 1.98. The fraction of sp³-hybridized carbons (Fsp3) is 0.733. The predicted molar refractivity (Wildman–Crippen MR) is 76.6 cm³/mol. The zero-order valence-corrected chi connectivity index (χ0v) is 12.9. The fourth-order valence-electron chi connectivity index (χ4n) is 1.65. The summed E-state index contributed by atoms with van der Waals surface area (Å²) in [6.45, 7) is 15.5. The Morgan fingerprint density at radius 2 is 1.89 bits per heavy atom. The molecule has 0 N–H and O–H groups in total. The molecular weight excluding hydrogens is 222 g/mol. The molecule has 0 aliphatic carbocycles. The lowest BCUT2D eigenvalue weighted by Crippen LogP contribution is -2.18. The molecule has 0 aliphatic rings. The van der Waals surface area contributed by atoms with Crippen molar-refractivity contribution in [1.29, 1.82) is 5.26 Å². The van der Waals surface area contributed by atoms with Crippen LogP contribution >= 0.6 is 0 Å². The Balaban J connectivity index is 0.00000137. The summed E-state index contributed by atoms with van der Waals surface area (Å²) in [5.41, 5.74) is 2.41. The summed E-state index contributed by atoms with van der Waals surface area (Å²) in [7, 11) is 0. The molecule has 0 bridgehead atoms. The highest BCUT2D eigenvalue weighted by molar-refractivity contribution is 5.20. The molecule has 18 heavy (non-hydrogen) atoms. The molecule has 0 amide bonds. The molecule has 0 spiro atoms. The molecule has 0 unspecified atom stereocenters. The summed E-state index contributed by atoms with van der Waals surface area (Å²) in [5.74, 6) is 0.435. The molecule has 1 aromatic rings. The third kappa shape index (κ3) is 4.52. The number of hydrogen-bond acceptors (Lipinski definition) is 2. The van der Waals surface area contributed by atoms with Gasteiger partial charge in [-0.3, -0.25) is 4.68 Å². The summed E-state index contributed by atoms with van der Waals surface area (Å²) in [5, 5.41) is 13.2. The van der Waals surface area contributed by atoms with Gasteiger partial charge >= 0.3 is 0 Å². The van der Waals surface area contributed by atoms with Gasteiger partial charge in [-0.1, -0.05) is 48.5 Å². The first-order valence-electron chi connectivity index (χ1n) is 6.81. The van der Waals surface area contributed by atoms with Crippen molar-refractivity contribution in [3.8, 4) is 6.07 Å². The highest BCUT2D eigenvalue weighted by Gasteiger charge is 2.21. The van der Waals surface area contributed by atoms with Crippen LogP contribution in [0.25, 0.3) is 0 Å². The van der Waals surface area contributed by atoms with Crippen molar-refractivity contribution in [1.82, 2.24) is 9.78 Å². The average Bonchev–Trinajstić information content (AvgIpc) is 2.73. The Hall–Kier alpha value is -1.30. The lowest BCUT2D eigenvalue weighted by atomic mass is 9.91. The lowest BCUT2D eigenvalue weighted by Gasteiger charge is -2.19. The van der Waals surface area contributed by atoms with Gasteiger partial charge < -0.3 is 0 Å². The molecule has 1 aromatic heterocycles. The minimum atomic E-state index is 0.0790. The maximum absolute atomic E-state index is 8.65. The zero-order valence-electron chi connectivity index (χ0n) is 12.9. The highest BCUT2D eigenvalue weighted by atomic mass is 15.3. The molecule has 0 aromatic carbocycles. The molecule has 0 saturated carbocycles. The predicted octanol–water partition coefficient (Wildman–Crippen LogP) is 4.24. The maximum Gasteiger partial charge on any atom is 0.0653 e. The Labute approximate surface area is 112 Å². The van der Waals surface area contributed by atoms with Crippen LogP contribution in [0.2, 0.25) is 0 Å². The Morgan fingerprint density at radius 3 is 2.28 bits per heavy atom. The quantitative estimate of drug-likeness (QED) is 0.803. The molecule has 0 atom stereocenters. The number of nitrogens with zero attached hydrogens (tertiary/aromatic N) is 3. The molecule has 102 valence electrons. The van der Waals surface area contributed by atoms with Crippen molar-refractivity contribution in [2.75, 3.05) is 0 Å². The van der Waals surface area contributed by atoms with E-state index in [1.54, 1.807) is 0 Å². The SMILES string of the molecule is CC.CC(C)c1cc(C(C)(C)C)n(CCC#N)n1. The van der Waals surface area contributed by atoms with Gasteiger partial charge in [-0.25, -0.2) is 0 Å². The van der Waals surface area contributed by atoms with Gasteiger partial charge in [0.25, 0.3) is 0 Å². The van der Waals surface area contributed by atoms with Gasteiger partial charge in [-0.2, -0.15) is 10.4 Å². The van der Waals surface area contributed by atoms with Gasteiger partial charge in [0.2, 0.25) is 0 Å². The molecule has 1 heterocycles. The van der Waals surface area contributed by atoms with E-state index in [9.17, 15) is 0 Å². The molecule has 0 aliphatic heterocycles. The van der Waals surface area contributed by atoms with Crippen LogP contribution in [0.1, 0.15) is 72.2 Å². The Morgan fingerprint density at radius 1 is 1.33 bits per heavy atom. The van der Waals surface area contributed by atoms with Gasteiger partial charge in [-0.05, 0) is 12.0 Å². The number of aryl methyl sites for hydroxylation is 1. The van der Waals surface area contributed by atoms with E-state index < -0.39 is 0 Å². The smallest absolute Gasteiger partial charge is 0.0653 e. The van der Waals surface area contributed by atoms with E-state index >= 15 is 0 Å². The minimum Gasteiger partial charge on any atom is -0.268 e. The third-order valence-electron chi connectivity index (χ3n) is 2.59. The second kappa shape index (κ2) is 7.20. The fourth-order valence-corrected chi connectivity index (χ4v) is 1.65. The van der Waals surface area contributed by atoms with Crippen molar-refractivity contribution in [3.05, 3.63) is 17.5 Å². The molecule has 0 fully saturated rings. The van der Waals surface area contributed by atoms with Gasteiger partial charge in [0.15, 0.2) is 0 Å². The molecule has 0 saturated heterocycles. The lowest BCUT2D eigenvalue weighted by molar-refractivity contribution is 0.487. The van der Waals surface area contributed by atoms with Crippen molar-refractivity contribution in [2.45, 2.75) is 72.8 Å². The van der Waals surface area contributed by atoms with Gasteiger partial charge in [-0.15, -0.1) is 0 Å². The van der Waals surface area contributed by atoms with Gasteiger partial charge in [0.05, 0.1) is 24.7 Å². The van der Waals surface area contributed by atoms with Crippen molar-refractivity contribution >= 4 is 0 Å². The van der Waals surface area contributed by atoms with Crippen LogP contribution in [0.5, 0.6) is 0 Å². The Kier molecular flexibility index (Phi) is 6.68. The highest BCUT2D eigenvalue weighted by Crippen LogP contribution is 2.25. The van der Waals surface area contributed by atoms with Crippen LogP contribution in [0.4, 0.5) is 0 Å². The van der Waals surface area contributed by atoms with E-state index in [1.807, 2.05) is 18.5 Å². The standard InChI is InChI=1S/C13H21N3.C2H6/c1-10(2)11-9-12(13(3,4)5)16(15-11)8-6-7-14;1-2/h9-10H,6,8H2,1-5H3;1-2H3. The molecular formula is C15H27N3. The van der Waals surface area contributed by atoms with Crippen LogP contribution in [0.3, 0.4) is 0 Å². The normalized spacial score (nSPS) is 10.8. The van der Waals surface area contributed by atoms with Crippen LogP contribution in [-0.4, -0.2) is 9.78 Å². The average molecular weight is 249 g/mol. The number of rotatable bonds is 3. The van der Waals surface area contributed by atoms with E-state index in [-0.39, 0.29) is 5.41 Å². The summed E-state index contributed by atoms with van der Waals surface area (Å²) in [6, 6.07) is 4.34. The van der Waals surface area contributed by atoms with Crippen molar-refractivity contribution in [3.63, 3.8) is 0 Å². The van der Waals surface area contributed by atoms with E-state index in [1.165, 1.54) is 5.69 Å². The van der Waals surface area contributed by atoms with Crippen molar-refractivity contribution in [2.24, 2.45) is 0 Å². The number of aromatic nitrogens is 2. The third-order valence-corrected chi connectivity index (χ3v) is 2.59. The van der Waals surface area contributed by atoms with Crippen LogP contribution in [-0.2, 0) is 12.0 Å². The largest absolute Gasteiger partial charge is 0.268 e. The van der Waals surface area contributed by atoms with Crippen LogP contribution in [0.15, 0.2) is 6.07 Å². The second-order valence-corrected chi connectivity index (χ2v) is 5.49. The van der Waals surface area contributed by atoms with E-state index in [0.717, 1.165) is 5.69 Å². The zero-order chi connectivity index (χ0) is 14.3. The summed E-state index contributed by atoms with van der Waals surface area (Å²) in [6.07, 6.45) is 0.516. The summed E-state index contributed by atoms with van der Waals surface area (Å²) >= 11 is 0. The van der Waals surface area contributed by atoms with E-state index in [4.69, 9.17) is 5.26 Å². The first-order chi connectivity index (χ1) is 8.36. The molecule has 0 radical (unpaired) electrons. The van der Waals surface area contributed by atoms with Crippen molar-refractivity contribution < 1.29 is 0 Å². The van der Waals surface area contributed by atoms with Crippen LogP contribution < -0.4 is 0 Å². The maximum atomic E-state index is 8.65. The van der Waals surface area contributed by atoms with Gasteiger partial charge in [0.1, 0.15) is 0 Å². The number of nitriles is 1. The minimum absolute atomic E-state index is 0.0790.